The second-order valence-corrected chi connectivity index (χ2v) is 13.2. The van der Waals surface area contributed by atoms with Gasteiger partial charge in [-0.05, 0) is 78.1 Å². The Kier molecular flexibility index (Phi) is 37.5. The number of hydrogen-bond donors (Lipinski definition) is 8. The molecule has 2 saturated carbocycles. The molecule has 3 fully saturated rings. The van der Waals surface area contributed by atoms with Gasteiger partial charge >= 0.3 is 29.0 Å². The molecule has 1 aliphatic heterocycles. The third kappa shape index (κ3) is 31.6. The van der Waals surface area contributed by atoms with Crippen LogP contribution in [-0.4, -0.2) is 108 Å². The third-order valence-electron chi connectivity index (χ3n) is 8.41. The molecule has 0 aromatic rings. The quantitative estimate of drug-likeness (QED) is 0.0614. The summed E-state index contributed by atoms with van der Waals surface area (Å²) in [7, 11) is 0. The maximum atomic E-state index is 10.1. The van der Waals surface area contributed by atoms with Crippen molar-refractivity contribution in [1.29, 1.82) is 0 Å². The number of aliphatic hydroxyl groups is 6. The SMILES string of the molecule is C1CCCC1.CCC(O)CC(O)CC(O)CC(C)O.CCC(O)CC(O)CC1CC(C)OC(C2CCCC2)O1.O=C(O)/C=C/C(=O)O.[CH3-].[CH3-].[Fe+2]. The maximum Gasteiger partial charge on any atom is 2.00 e. The summed E-state index contributed by atoms with van der Waals surface area (Å²) in [5.74, 6) is -1.99. The van der Waals surface area contributed by atoms with Crippen LogP contribution in [0.4, 0.5) is 0 Å². The fraction of sp³-hybridized carbons (Fsp3) is 0.838. The number of rotatable bonds is 15. The molecule has 8 N–H and O–H groups in total. The zero-order chi connectivity index (χ0) is 35.8. The van der Waals surface area contributed by atoms with Crippen molar-refractivity contribution < 1.29 is 77.0 Å². The maximum absolute atomic E-state index is 10.1. The molecule has 3 rings (SSSR count). The number of aliphatic carboxylic acids is 2. The first-order chi connectivity index (χ1) is 22.2. The van der Waals surface area contributed by atoms with Gasteiger partial charge in [0.25, 0.3) is 0 Å². The molecule has 0 spiro atoms. The van der Waals surface area contributed by atoms with Crippen molar-refractivity contribution >= 4 is 11.9 Å². The molecule has 0 radical (unpaired) electrons. The Bertz CT molecular complexity index is 797. The second-order valence-electron chi connectivity index (χ2n) is 13.2. The van der Waals surface area contributed by atoms with E-state index in [4.69, 9.17) is 24.8 Å². The van der Waals surface area contributed by atoms with Gasteiger partial charge in [0, 0.05) is 18.1 Å². The summed E-state index contributed by atoms with van der Waals surface area (Å²) in [6.07, 6.45) is 14.3. The fourth-order valence-electron chi connectivity index (χ4n) is 5.82. The third-order valence-corrected chi connectivity index (χ3v) is 8.41. The van der Waals surface area contributed by atoms with Crippen LogP contribution in [0.5, 0.6) is 0 Å². The zero-order valence-electron chi connectivity index (χ0n) is 31.5. The molecular weight excluding hydrogens is 692 g/mol. The van der Waals surface area contributed by atoms with Crippen LogP contribution >= 0.6 is 0 Å². The number of carbonyl (C=O) groups is 2. The van der Waals surface area contributed by atoms with Crippen LogP contribution in [0.15, 0.2) is 12.2 Å². The number of carboxylic acids is 2. The summed E-state index contributed by atoms with van der Waals surface area (Å²) >= 11 is 0. The summed E-state index contributed by atoms with van der Waals surface area (Å²) in [6, 6.07) is 0. The summed E-state index contributed by atoms with van der Waals surface area (Å²) in [5, 5.41) is 72.3. The molecule has 0 aromatic heterocycles. The van der Waals surface area contributed by atoms with Crippen LogP contribution in [0.1, 0.15) is 137 Å². The first-order valence-corrected chi connectivity index (χ1v) is 17.7. The van der Waals surface area contributed by atoms with Crippen LogP contribution < -0.4 is 0 Å². The summed E-state index contributed by atoms with van der Waals surface area (Å²) in [4.78, 5) is 19.1. The van der Waals surface area contributed by atoms with Crippen molar-refractivity contribution in [3.63, 3.8) is 0 Å². The Morgan fingerprint density at radius 3 is 1.46 bits per heavy atom. The molecule has 9 unspecified atom stereocenters. The van der Waals surface area contributed by atoms with Gasteiger partial charge in [-0.1, -0.05) is 58.8 Å². The number of carboxylic acid groups (broad SMARTS) is 2. The molecule has 1 saturated heterocycles. The fourth-order valence-corrected chi connectivity index (χ4v) is 5.82. The largest absolute Gasteiger partial charge is 2.00 e. The van der Waals surface area contributed by atoms with E-state index in [1.807, 2.05) is 13.8 Å². The van der Waals surface area contributed by atoms with Gasteiger partial charge in [0.1, 0.15) is 0 Å². The van der Waals surface area contributed by atoms with Gasteiger partial charge in [0.05, 0.1) is 48.8 Å². The average Bonchev–Trinajstić information content (AvgIpc) is 3.73. The van der Waals surface area contributed by atoms with E-state index in [0.717, 1.165) is 6.42 Å². The van der Waals surface area contributed by atoms with E-state index >= 15 is 0 Å². The number of hydrogen-bond acceptors (Lipinski definition) is 10. The summed E-state index contributed by atoms with van der Waals surface area (Å²) in [6.45, 7) is 7.45. The van der Waals surface area contributed by atoms with Crippen molar-refractivity contribution in [2.24, 2.45) is 5.92 Å². The normalized spacial score (nSPS) is 23.6. The van der Waals surface area contributed by atoms with Crippen LogP contribution in [0.3, 0.4) is 0 Å². The Hall–Kier alpha value is -1.12. The van der Waals surface area contributed by atoms with E-state index in [9.17, 15) is 35.1 Å². The van der Waals surface area contributed by atoms with Gasteiger partial charge in [0.2, 0.25) is 0 Å². The van der Waals surface area contributed by atoms with E-state index in [2.05, 4.69) is 6.92 Å². The topological polar surface area (TPSA) is 214 Å². The van der Waals surface area contributed by atoms with E-state index in [1.54, 1.807) is 6.92 Å². The van der Waals surface area contributed by atoms with Crippen LogP contribution in [-0.2, 0) is 36.1 Å². The van der Waals surface area contributed by atoms with Crippen LogP contribution in [0, 0.1) is 20.8 Å². The predicted molar refractivity (Wildman–Crippen MR) is 191 cm³/mol. The van der Waals surface area contributed by atoms with Crippen molar-refractivity contribution in [2.75, 3.05) is 0 Å². The monoisotopic (exact) mass is 764 g/mol. The summed E-state index contributed by atoms with van der Waals surface area (Å²) in [5.41, 5.74) is 0. The minimum absolute atomic E-state index is 0. The molecule has 50 heavy (non-hydrogen) atoms. The number of ether oxygens (including phenoxy) is 2. The molecule has 12 nitrogen and oxygen atoms in total. The Labute approximate surface area is 313 Å². The summed E-state index contributed by atoms with van der Waals surface area (Å²) < 4.78 is 12.0. The van der Waals surface area contributed by atoms with Gasteiger partial charge in [-0.15, -0.1) is 0 Å². The minimum atomic E-state index is -1.26. The molecule has 0 bridgehead atoms. The van der Waals surface area contributed by atoms with E-state index in [-0.39, 0.29) is 69.7 Å². The second kappa shape index (κ2) is 33.7. The van der Waals surface area contributed by atoms with E-state index in [0.29, 0.717) is 43.8 Å². The van der Waals surface area contributed by atoms with E-state index in [1.165, 1.54) is 57.8 Å². The molecule has 0 amide bonds. The van der Waals surface area contributed by atoms with Gasteiger partial charge in [-0.2, -0.15) is 0 Å². The molecule has 0 aromatic carbocycles. The van der Waals surface area contributed by atoms with Crippen LogP contribution in [0.25, 0.3) is 0 Å². The Balaban J connectivity index is -0.000000308. The van der Waals surface area contributed by atoms with Crippen molar-refractivity contribution in [3.8, 4) is 0 Å². The molecule has 3 aliphatic rings. The first kappa shape index (κ1) is 55.6. The predicted octanol–water partition coefficient (Wildman–Crippen LogP) is 5.20. The minimum Gasteiger partial charge on any atom is -0.478 e. The first-order valence-electron chi connectivity index (χ1n) is 17.7. The molecule has 1 heterocycles. The zero-order valence-corrected chi connectivity index (χ0v) is 32.6. The van der Waals surface area contributed by atoms with Gasteiger partial charge in [-0.3, -0.25) is 0 Å². The average molecular weight is 765 g/mol. The van der Waals surface area contributed by atoms with E-state index < -0.39 is 48.6 Å². The van der Waals surface area contributed by atoms with Gasteiger partial charge in [0.15, 0.2) is 6.29 Å². The van der Waals surface area contributed by atoms with Gasteiger partial charge in [-0.25, -0.2) is 9.59 Å². The molecule has 300 valence electrons. The molecule has 13 heteroatoms. The van der Waals surface area contributed by atoms with Gasteiger partial charge < -0.3 is 65.2 Å². The Morgan fingerprint density at radius 2 is 1.06 bits per heavy atom. The Morgan fingerprint density at radius 1 is 0.660 bits per heavy atom. The van der Waals surface area contributed by atoms with Crippen molar-refractivity contribution in [2.45, 2.75) is 192 Å². The molecule has 2 aliphatic carbocycles. The molecular formula is C37H72FeO12. The van der Waals surface area contributed by atoms with Crippen molar-refractivity contribution in [1.82, 2.24) is 0 Å². The number of aliphatic hydroxyl groups excluding tert-OH is 6. The standard InChI is InChI=1S/C16H30O4.C10H22O4.C5H10.C4H4O4.2CH3.Fe/c1-3-13(17)9-14(18)10-15-8-11(2)19-16(20-15)12-6-4-5-7-12;1-3-8(12)5-10(14)6-9(13)4-7(2)11;1-2-4-5-3-1;5-3(6)1-2-4(7)8;;;/h11-18H,3-10H2,1-2H3;7-14H,3-6H2,1-2H3;1-5H2;1-2H,(H,5,6)(H,7,8);2*1H3;/q;;;;2*-1;+2/b;;;2-1+;;;. The van der Waals surface area contributed by atoms with Crippen molar-refractivity contribution in [3.05, 3.63) is 27.0 Å². The smallest absolute Gasteiger partial charge is 0.478 e. The molecule has 9 atom stereocenters. The van der Waals surface area contributed by atoms with Crippen LogP contribution in [0.2, 0.25) is 0 Å².